The number of hydrogen-bond acceptors (Lipinski definition) is 6. The number of hydrogen-bond donors (Lipinski definition) is 0. The third kappa shape index (κ3) is 53.6. The average Bonchev–Trinajstić information content (AvgIpc) is 3.31. The second-order valence-corrected chi connectivity index (χ2v) is 21.7. The van der Waals surface area contributed by atoms with Crippen molar-refractivity contribution in [3.05, 3.63) is 0 Å². The summed E-state index contributed by atoms with van der Waals surface area (Å²) < 4.78 is 16.9. The number of rotatable bonds is 55. The molecule has 0 radical (unpaired) electrons. The number of ether oxygens (including phenoxy) is 3. The van der Waals surface area contributed by atoms with Crippen LogP contribution in [-0.2, 0) is 28.6 Å². The Bertz CT molecular complexity index is 1030. The van der Waals surface area contributed by atoms with E-state index in [1.807, 2.05) is 0 Å². The zero-order valence-electron chi connectivity index (χ0n) is 46.0. The van der Waals surface area contributed by atoms with Gasteiger partial charge in [-0.15, -0.1) is 0 Å². The summed E-state index contributed by atoms with van der Waals surface area (Å²) in [6, 6.07) is 0. The lowest BCUT2D eigenvalue weighted by Crippen LogP contribution is -2.30. The van der Waals surface area contributed by atoms with Crippen LogP contribution in [-0.4, -0.2) is 37.2 Å². The van der Waals surface area contributed by atoms with Crippen molar-refractivity contribution in [3.8, 4) is 0 Å². The minimum atomic E-state index is -0.763. The van der Waals surface area contributed by atoms with Crippen LogP contribution in [0.1, 0.15) is 343 Å². The number of esters is 3. The molecule has 0 saturated carbocycles. The maximum Gasteiger partial charge on any atom is 0.306 e. The Labute approximate surface area is 418 Å². The molecule has 0 heterocycles. The van der Waals surface area contributed by atoms with Crippen LogP contribution in [0.4, 0.5) is 0 Å². The largest absolute Gasteiger partial charge is 0.462 e. The van der Waals surface area contributed by atoms with Crippen molar-refractivity contribution in [2.45, 2.75) is 349 Å². The molecule has 0 amide bonds. The number of carbonyl (C=O) groups is 3. The monoisotopic (exact) mass is 947 g/mol. The zero-order valence-corrected chi connectivity index (χ0v) is 46.0. The molecule has 0 N–H and O–H groups in total. The fourth-order valence-corrected chi connectivity index (χ4v) is 9.37. The van der Waals surface area contributed by atoms with Crippen LogP contribution in [0.2, 0.25) is 0 Å². The van der Waals surface area contributed by atoms with Crippen molar-refractivity contribution < 1.29 is 28.6 Å². The Morgan fingerprint density at radius 1 is 0.313 bits per heavy atom. The maximum atomic E-state index is 12.9. The molecule has 0 aliphatic heterocycles. The van der Waals surface area contributed by atoms with Gasteiger partial charge in [0.25, 0.3) is 0 Å². The van der Waals surface area contributed by atoms with Crippen molar-refractivity contribution in [3.63, 3.8) is 0 Å². The molecule has 1 unspecified atom stereocenters. The Morgan fingerprint density at radius 3 is 0.851 bits per heavy atom. The van der Waals surface area contributed by atoms with Gasteiger partial charge in [0.15, 0.2) is 6.10 Å². The van der Waals surface area contributed by atoms with E-state index < -0.39 is 6.10 Å². The SMILES string of the molecule is CCCCCCCCCCCCCCCCCCCC(=O)O[C@@H](COC(=O)CCCCCCCCCCCCCCCCCCCCC(C)CC)COC(=O)CCCCCCCCCC(C)C. The van der Waals surface area contributed by atoms with Crippen LogP contribution in [0.5, 0.6) is 0 Å². The van der Waals surface area contributed by atoms with Crippen LogP contribution in [0, 0.1) is 11.8 Å². The topological polar surface area (TPSA) is 78.9 Å². The van der Waals surface area contributed by atoms with E-state index in [4.69, 9.17) is 14.2 Å². The summed E-state index contributed by atoms with van der Waals surface area (Å²) in [4.78, 5) is 38.1. The molecule has 0 rings (SSSR count). The van der Waals surface area contributed by atoms with Gasteiger partial charge in [0.2, 0.25) is 0 Å². The predicted octanol–water partition coefficient (Wildman–Crippen LogP) is 20.0. The van der Waals surface area contributed by atoms with Crippen molar-refractivity contribution in [2.24, 2.45) is 11.8 Å². The molecule has 0 aliphatic rings. The first-order valence-electron chi connectivity index (χ1n) is 30.3. The first kappa shape index (κ1) is 65.4. The third-order valence-corrected chi connectivity index (χ3v) is 14.3. The lowest BCUT2D eigenvalue weighted by atomic mass is 9.99. The molecule has 0 aromatic heterocycles. The van der Waals surface area contributed by atoms with E-state index in [2.05, 4.69) is 34.6 Å². The predicted molar refractivity (Wildman–Crippen MR) is 289 cm³/mol. The summed E-state index contributed by atoms with van der Waals surface area (Å²) >= 11 is 0. The van der Waals surface area contributed by atoms with Gasteiger partial charge in [-0.1, -0.05) is 304 Å². The van der Waals surface area contributed by atoms with Gasteiger partial charge in [-0.05, 0) is 31.1 Å². The van der Waals surface area contributed by atoms with Gasteiger partial charge in [0, 0.05) is 19.3 Å². The minimum Gasteiger partial charge on any atom is -0.462 e. The quantitative estimate of drug-likeness (QED) is 0.0343. The highest BCUT2D eigenvalue weighted by Crippen LogP contribution is 2.19. The molecular weight excluding hydrogens is 829 g/mol. The van der Waals surface area contributed by atoms with Gasteiger partial charge in [0.05, 0.1) is 0 Å². The second kappa shape index (κ2) is 53.8. The molecule has 67 heavy (non-hydrogen) atoms. The summed E-state index contributed by atoms with van der Waals surface area (Å²) in [5.41, 5.74) is 0. The van der Waals surface area contributed by atoms with Crippen molar-refractivity contribution in [2.75, 3.05) is 13.2 Å². The lowest BCUT2D eigenvalue weighted by molar-refractivity contribution is -0.167. The van der Waals surface area contributed by atoms with Gasteiger partial charge in [-0.3, -0.25) is 14.4 Å². The molecule has 0 spiro atoms. The fraction of sp³-hybridized carbons (Fsp3) is 0.951. The molecule has 6 nitrogen and oxygen atoms in total. The van der Waals surface area contributed by atoms with E-state index in [9.17, 15) is 14.4 Å². The Hall–Kier alpha value is -1.59. The van der Waals surface area contributed by atoms with Crippen LogP contribution < -0.4 is 0 Å². The molecule has 398 valence electrons. The zero-order chi connectivity index (χ0) is 48.9. The minimum absolute atomic E-state index is 0.0630. The fourth-order valence-electron chi connectivity index (χ4n) is 9.37. The van der Waals surface area contributed by atoms with Crippen LogP contribution >= 0.6 is 0 Å². The highest BCUT2D eigenvalue weighted by atomic mass is 16.6. The summed E-state index contributed by atoms with van der Waals surface area (Å²) in [6.45, 7) is 11.4. The number of carbonyl (C=O) groups excluding carboxylic acids is 3. The molecule has 0 aromatic rings. The van der Waals surface area contributed by atoms with E-state index in [-0.39, 0.29) is 31.1 Å². The number of unbranched alkanes of at least 4 members (excludes halogenated alkanes) is 39. The van der Waals surface area contributed by atoms with Crippen molar-refractivity contribution >= 4 is 17.9 Å². The molecule has 0 fully saturated rings. The first-order valence-corrected chi connectivity index (χ1v) is 30.3. The molecule has 0 bridgehead atoms. The summed E-state index contributed by atoms with van der Waals surface area (Å²) in [6.07, 6.45) is 58.2. The van der Waals surface area contributed by atoms with Crippen molar-refractivity contribution in [1.82, 2.24) is 0 Å². The van der Waals surface area contributed by atoms with E-state index in [0.717, 1.165) is 69.6 Å². The summed E-state index contributed by atoms with van der Waals surface area (Å²) in [5.74, 6) is 0.851. The first-order chi connectivity index (χ1) is 32.8. The molecule has 2 atom stereocenters. The van der Waals surface area contributed by atoms with Crippen LogP contribution in [0.3, 0.4) is 0 Å². The molecular formula is C61H118O6. The van der Waals surface area contributed by atoms with E-state index in [0.29, 0.717) is 19.3 Å². The molecule has 6 heteroatoms. The van der Waals surface area contributed by atoms with Gasteiger partial charge >= 0.3 is 17.9 Å². The van der Waals surface area contributed by atoms with E-state index in [1.54, 1.807) is 0 Å². The Kier molecular flexibility index (Phi) is 52.5. The summed E-state index contributed by atoms with van der Waals surface area (Å²) in [7, 11) is 0. The van der Waals surface area contributed by atoms with E-state index in [1.165, 1.54) is 231 Å². The lowest BCUT2D eigenvalue weighted by Gasteiger charge is -2.18. The third-order valence-electron chi connectivity index (χ3n) is 14.3. The standard InChI is InChI=1S/C61H118O6/c1-6-8-9-10-11-12-13-14-15-18-23-26-29-32-37-43-48-53-61(64)67-58(55-66-60(63)52-47-42-38-33-34-39-44-49-56(3)4)54-65-59(62)51-46-41-36-31-28-25-22-20-17-16-19-21-24-27-30-35-40-45-50-57(5)7-2/h56-58H,6-55H2,1-5H3/t57?,58-/m0/s1. The van der Waals surface area contributed by atoms with E-state index >= 15 is 0 Å². The second-order valence-electron chi connectivity index (χ2n) is 21.7. The smallest absolute Gasteiger partial charge is 0.306 e. The Morgan fingerprint density at radius 2 is 0.567 bits per heavy atom. The van der Waals surface area contributed by atoms with Crippen molar-refractivity contribution in [1.29, 1.82) is 0 Å². The van der Waals surface area contributed by atoms with Gasteiger partial charge in [-0.2, -0.15) is 0 Å². The van der Waals surface area contributed by atoms with Gasteiger partial charge < -0.3 is 14.2 Å². The molecule has 0 aromatic carbocycles. The van der Waals surface area contributed by atoms with Crippen LogP contribution in [0.25, 0.3) is 0 Å². The van der Waals surface area contributed by atoms with Gasteiger partial charge in [-0.25, -0.2) is 0 Å². The molecule has 0 aliphatic carbocycles. The average molecular weight is 948 g/mol. The highest BCUT2D eigenvalue weighted by Gasteiger charge is 2.19. The maximum absolute atomic E-state index is 12.9. The highest BCUT2D eigenvalue weighted by molar-refractivity contribution is 5.71. The Balaban J connectivity index is 4.19. The van der Waals surface area contributed by atoms with Crippen LogP contribution in [0.15, 0.2) is 0 Å². The summed E-state index contributed by atoms with van der Waals surface area (Å²) in [5, 5.41) is 0. The van der Waals surface area contributed by atoms with Gasteiger partial charge in [0.1, 0.15) is 13.2 Å². The molecule has 0 saturated heterocycles. The normalized spacial score (nSPS) is 12.4.